The first kappa shape index (κ1) is 18.2. The second-order valence-electron chi connectivity index (χ2n) is 5.48. The van der Waals surface area contributed by atoms with Crippen molar-refractivity contribution in [2.24, 2.45) is 7.05 Å². The lowest BCUT2D eigenvalue weighted by Crippen LogP contribution is -2.40. The Balaban J connectivity index is 1.82. The summed E-state index contributed by atoms with van der Waals surface area (Å²) in [5, 5.41) is 9.06. The summed E-state index contributed by atoms with van der Waals surface area (Å²) in [6, 6.07) is 8.22. The fourth-order valence-corrected chi connectivity index (χ4v) is 2.03. The largest absolute Gasteiger partial charge is 0.481 e. The normalized spacial score (nSPS) is 11.5. The molecule has 0 aliphatic rings. The molecule has 1 aromatic heterocycles. The Labute approximate surface area is 145 Å². The highest BCUT2D eigenvalue weighted by Crippen LogP contribution is 2.15. The molecule has 2 N–H and O–H groups in total. The topological polar surface area (TPSA) is 102 Å². The molecule has 132 valence electrons. The molecule has 8 nitrogen and oxygen atoms in total. The van der Waals surface area contributed by atoms with E-state index < -0.39 is 17.9 Å². The van der Waals surface area contributed by atoms with E-state index >= 15 is 0 Å². The number of hydrogen-bond donors (Lipinski definition) is 2. The second-order valence-corrected chi connectivity index (χ2v) is 5.48. The third-order valence-corrected chi connectivity index (χ3v) is 3.33. The molecule has 1 atom stereocenters. The molecule has 2 aromatic rings. The van der Waals surface area contributed by atoms with Crippen molar-refractivity contribution < 1.29 is 19.1 Å². The summed E-state index contributed by atoms with van der Waals surface area (Å²) in [7, 11) is 1.73. The van der Waals surface area contributed by atoms with Crippen molar-refractivity contribution in [1.29, 1.82) is 0 Å². The predicted molar refractivity (Wildman–Crippen MR) is 91.4 cm³/mol. The molecule has 1 unspecified atom stereocenters. The standard InChI is InChI=1S/C17H20N4O4/c1-11(22)13-5-4-6-14(9-13)25-12(2)17(24)18-10-16(23)19-15-7-8-21(3)20-15/h4-9,12H,10H2,1-3H3,(H,18,24)(H,19,20,23). The Morgan fingerprint density at radius 3 is 2.68 bits per heavy atom. The van der Waals surface area contributed by atoms with E-state index in [4.69, 9.17) is 4.74 Å². The van der Waals surface area contributed by atoms with E-state index in [1.54, 1.807) is 55.2 Å². The average molecular weight is 344 g/mol. The van der Waals surface area contributed by atoms with Gasteiger partial charge < -0.3 is 15.4 Å². The quantitative estimate of drug-likeness (QED) is 0.734. The van der Waals surface area contributed by atoms with Gasteiger partial charge in [-0.15, -0.1) is 0 Å². The summed E-state index contributed by atoms with van der Waals surface area (Å²) >= 11 is 0. The maximum absolute atomic E-state index is 12.0. The molecular weight excluding hydrogens is 324 g/mol. The van der Waals surface area contributed by atoms with Crippen LogP contribution in [0.5, 0.6) is 5.75 Å². The molecule has 0 radical (unpaired) electrons. The zero-order chi connectivity index (χ0) is 18.4. The molecule has 0 aliphatic heterocycles. The first-order valence-corrected chi connectivity index (χ1v) is 7.70. The summed E-state index contributed by atoms with van der Waals surface area (Å²) in [5.41, 5.74) is 0.500. The smallest absolute Gasteiger partial charge is 0.261 e. The maximum Gasteiger partial charge on any atom is 0.261 e. The minimum absolute atomic E-state index is 0.0891. The van der Waals surface area contributed by atoms with Gasteiger partial charge in [-0.25, -0.2) is 0 Å². The number of carbonyl (C=O) groups is 3. The van der Waals surface area contributed by atoms with Gasteiger partial charge in [0, 0.05) is 24.9 Å². The molecule has 2 amide bonds. The first-order valence-electron chi connectivity index (χ1n) is 7.70. The van der Waals surface area contributed by atoms with Crippen molar-refractivity contribution in [3.8, 4) is 5.75 Å². The molecule has 0 bridgehead atoms. The van der Waals surface area contributed by atoms with Crippen LogP contribution in [0.25, 0.3) is 0 Å². The fourth-order valence-electron chi connectivity index (χ4n) is 2.03. The number of amides is 2. The van der Waals surface area contributed by atoms with Gasteiger partial charge in [-0.3, -0.25) is 19.1 Å². The Kier molecular flexibility index (Phi) is 5.89. The van der Waals surface area contributed by atoms with Gasteiger partial charge in [0.05, 0.1) is 6.54 Å². The van der Waals surface area contributed by atoms with Crippen LogP contribution in [0.15, 0.2) is 36.5 Å². The molecule has 0 saturated carbocycles. The number of benzene rings is 1. The predicted octanol–water partition coefficient (Wildman–Crippen LogP) is 1.14. The molecular formula is C17H20N4O4. The van der Waals surface area contributed by atoms with Gasteiger partial charge in [-0.1, -0.05) is 12.1 Å². The van der Waals surface area contributed by atoms with Gasteiger partial charge in [0.2, 0.25) is 5.91 Å². The SMILES string of the molecule is CC(=O)c1cccc(OC(C)C(=O)NCC(=O)Nc2ccn(C)n2)c1. The van der Waals surface area contributed by atoms with Gasteiger partial charge in [-0.05, 0) is 26.0 Å². The third kappa shape index (κ3) is 5.45. The first-order chi connectivity index (χ1) is 11.8. The number of hydrogen-bond acceptors (Lipinski definition) is 5. The second kappa shape index (κ2) is 8.09. The minimum Gasteiger partial charge on any atom is -0.481 e. The number of anilines is 1. The highest BCUT2D eigenvalue weighted by Gasteiger charge is 2.16. The van der Waals surface area contributed by atoms with Crippen LogP contribution in [0.1, 0.15) is 24.2 Å². The van der Waals surface area contributed by atoms with Crippen LogP contribution in [-0.4, -0.2) is 40.0 Å². The van der Waals surface area contributed by atoms with Crippen molar-refractivity contribution in [1.82, 2.24) is 15.1 Å². The number of nitrogens with zero attached hydrogens (tertiary/aromatic N) is 2. The van der Waals surface area contributed by atoms with Crippen LogP contribution in [0.3, 0.4) is 0 Å². The molecule has 0 aliphatic carbocycles. The van der Waals surface area contributed by atoms with Gasteiger partial charge in [0.25, 0.3) is 5.91 Å². The zero-order valence-electron chi connectivity index (χ0n) is 14.3. The van der Waals surface area contributed by atoms with Gasteiger partial charge in [0.15, 0.2) is 17.7 Å². The van der Waals surface area contributed by atoms with Crippen molar-refractivity contribution in [3.05, 3.63) is 42.1 Å². The van der Waals surface area contributed by atoms with Crippen molar-refractivity contribution in [2.75, 3.05) is 11.9 Å². The molecule has 1 heterocycles. The Morgan fingerprint density at radius 1 is 1.28 bits per heavy atom. The highest BCUT2D eigenvalue weighted by molar-refractivity contribution is 5.95. The summed E-state index contributed by atoms with van der Waals surface area (Å²) in [6.45, 7) is 2.82. The maximum atomic E-state index is 12.0. The lowest BCUT2D eigenvalue weighted by molar-refractivity contribution is -0.129. The number of Topliss-reactive ketones (excluding diaryl/α,β-unsaturated/α-hetero) is 1. The van der Waals surface area contributed by atoms with E-state index in [1.807, 2.05) is 0 Å². The fraction of sp³-hybridized carbons (Fsp3) is 0.294. The molecule has 0 spiro atoms. The van der Waals surface area contributed by atoms with Gasteiger partial charge in [-0.2, -0.15) is 5.10 Å². The number of ether oxygens (including phenoxy) is 1. The van der Waals surface area contributed by atoms with E-state index in [9.17, 15) is 14.4 Å². The average Bonchev–Trinajstić information content (AvgIpc) is 2.97. The van der Waals surface area contributed by atoms with Crippen LogP contribution in [0.2, 0.25) is 0 Å². The summed E-state index contributed by atoms with van der Waals surface area (Å²) < 4.78 is 7.06. The lowest BCUT2D eigenvalue weighted by Gasteiger charge is -2.15. The van der Waals surface area contributed by atoms with E-state index in [0.717, 1.165) is 0 Å². The monoisotopic (exact) mass is 344 g/mol. The Bertz CT molecular complexity index is 784. The number of carbonyl (C=O) groups excluding carboxylic acids is 3. The molecule has 0 saturated heterocycles. The van der Waals surface area contributed by atoms with E-state index in [-0.39, 0.29) is 12.3 Å². The van der Waals surface area contributed by atoms with Crippen LogP contribution in [0, 0.1) is 0 Å². The minimum atomic E-state index is -0.815. The van der Waals surface area contributed by atoms with E-state index in [2.05, 4.69) is 15.7 Å². The summed E-state index contributed by atoms with van der Waals surface area (Å²) in [6.07, 6.45) is 0.879. The van der Waals surface area contributed by atoms with Crippen molar-refractivity contribution >= 4 is 23.4 Å². The molecule has 1 aromatic carbocycles. The van der Waals surface area contributed by atoms with Crippen LogP contribution < -0.4 is 15.4 Å². The third-order valence-electron chi connectivity index (χ3n) is 3.33. The van der Waals surface area contributed by atoms with Crippen molar-refractivity contribution in [2.45, 2.75) is 20.0 Å². The molecule has 25 heavy (non-hydrogen) atoms. The number of rotatable bonds is 7. The Morgan fingerprint density at radius 2 is 2.04 bits per heavy atom. The van der Waals surface area contributed by atoms with Crippen LogP contribution in [0.4, 0.5) is 5.82 Å². The highest BCUT2D eigenvalue weighted by atomic mass is 16.5. The summed E-state index contributed by atoms with van der Waals surface area (Å²) in [4.78, 5) is 35.2. The lowest BCUT2D eigenvalue weighted by atomic mass is 10.1. The van der Waals surface area contributed by atoms with Gasteiger partial charge >= 0.3 is 0 Å². The summed E-state index contributed by atoms with van der Waals surface area (Å²) in [5.74, 6) is -0.101. The van der Waals surface area contributed by atoms with Crippen LogP contribution >= 0.6 is 0 Å². The van der Waals surface area contributed by atoms with E-state index in [1.165, 1.54) is 6.92 Å². The molecule has 2 rings (SSSR count). The van der Waals surface area contributed by atoms with Crippen molar-refractivity contribution in [3.63, 3.8) is 0 Å². The molecule has 8 heteroatoms. The Hall–Kier alpha value is -3.16. The number of ketones is 1. The van der Waals surface area contributed by atoms with Crippen LogP contribution in [-0.2, 0) is 16.6 Å². The number of aryl methyl sites for hydroxylation is 1. The number of nitrogens with one attached hydrogen (secondary N) is 2. The molecule has 0 fully saturated rings. The van der Waals surface area contributed by atoms with E-state index in [0.29, 0.717) is 17.1 Å². The van der Waals surface area contributed by atoms with Gasteiger partial charge in [0.1, 0.15) is 5.75 Å². The zero-order valence-corrected chi connectivity index (χ0v) is 14.3. The number of aromatic nitrogens is 2.